The zero-order valence-corrected chi connectivity index (χ0v) is 17.6. The molecule has 0 saturated heterocycles. The van der Waals surface area contributed by atoms with Gasteiger partial charge in [0.15, 0.2) is 4.80 Å². The third-order valence-electron chi connectivity index (χ3n) is 4.44. The molecule has 4 aromatic rings. The lowest BCUT2D eigenvalue weighted by Gasteiger charge is -2.08. The maximum Gasteiger partial charge on any atom is 0.283 e. The molecule has 0 spiro atoms. The maximum absolute atomic E-state index is 13.1. The van der Waals surface area contributed by atoms with E-state index in [0.29, 0.717) is 31.7 Å². The number of fused-ring (bicyclic) bond motifs is 2. The van der Waals surface area contributed by atoms with E-state index in [1.807, 2.05) is 30.3 Å². The second-order valence-electron chi connectivity index (χ2n) is 6.23. The van der Waals surface area contributed by atoms with Crippen LogP contribution in [-0.4, -0.2) is 17.6 Å². The standard InChI is InChI=1S/C22H14Cl2N2O2S/c1-3-8-26-20-17(24)11-15(23)12-19(20)29-22(26)25-21(27)16-9-13-6-4-5-7-14(13)10-18(16)28-2/h1,4-7,9-12H,8H2,2H3. The molecule has 0 radical (unpaired) electrons. The maximum atomic E-state index is 13.1. The van der Waals surface area contributed by atoms with Gasteiger partial charge < -0.3 is 9.30 Å². The fourth-order valence-electron chi connectivity index (χ4n) is 3.15. The summed E-state index contributed by atoms with van der Waals surface area (Å²) >= 11 is 13.8. The summed E-state index contributed by atoms with van der Waals surface area (Å²) in [5.41, 5.74) is 1.08. The molecular formula is C22H14Cl2N2O2S. The molecule has 0 aliphatic carbocycles. The molecule has 4 nitrogen and oxygen atoms in total. The van der Waals surface area contributed by atoms with E-state index in [9.17, 15) is 4.79 Å². The molecule has 0 fully saturated rings. The van der Waals surface area contributed by atoms with Crippen molar-refractivity contribution in [3.05, 3.63) is 68.9 Å². The first-order chi connectivity index (χ1) is 14.0. The van der Waals surface area contributed by atoms with E-state index in [-0.39, 0.29) is 6.54 Å². The number of ether oxygens (including phenoxy) is 1. The van der Waals surface area contributed by atoms with E-state index in [2.05, 4.69) is 10.9 Å². The van der Waals surface area contributed by atoms with Gasteiger partial charge in [-0.25, -0.2) is 0 Å². The highest BCUT2D eigenvalue weighted by Crippen LogP contribution is 2.30. The summed E-state index contributed by atoms with van der Waals surface area (Å²) in [5, 5.41) is 2.86. The Kier molecular flexibility index (Phi) is 5.33. The van der Waals surface area contributed by atoms with Crippen molar-refractivity contribution in [3.63, 3.8) is 0 Å². The van der Waals surface area contributed by atoms with Gasteiger partial charge in [-0.05, 0) is 35.0 Å². The van der Waals surface area contributed by atoms with Crippen LogP contribution >= 0.6 is 34.5 Å². The van der Waals surface area contributed by atoms with Crippen molar-refractivity contribution in [2.24, 2.45) is 4.99 Å². The van der Waals surface area contributed by atoms with Crippen LogP contribution in [0.25, 0.3) is 21.0 Å². The predicted octanol–water partition coefficient (Wildman–Crippen LogP) is 5.55. The zero-order valence-electron chi connectivity index (χ0n) is 15.3. The Labute approximate surface area is 181 Å². The Balaban J connectivity index is 1.93. The number of aromatic nitrogens is 1. The van der Waals surface area contributed by atoms with Crippen LogP contribution in [0, 0.1) is 12.3 Å². The van der Waals surface area contributed by atoms with Gasteiger partial charge in [0.1, 0.15) is 5.75 Å². The molecule has 4 rings (SSSR count). The van der Waals surface area contributed by atoms with Crippen LogP contribution in [0.4, 0.5) is 0 Å². The van der Waals surface area contributed by atoms with Crippen LogP contribution in [0.2, 0.25) is 10.0 Å². The number of amides is 1. The molecule has 0 atom stereocenters. The van der Waals surface area contributed by atoms with Crippen LogP contribution in [-0.2, 0) is 6.54 Å². The molecular weight excluding hydrogens is 427 g/mol. The van der Waals surface area contributed by atoms with Gasteiger partial charge in [0.05, 0.1) is 34.5 Å². The summed E-state index contributed by atoms with van der Waals surface area (Å²) in [6.45, 7) is 0.225. The molecule has 0 aliphatic rings. The lowest BCUT2D eigenvalue weighted by atomic mass is 10.1. The molecule has 0 bridgehead atoms. The smallest absolute Gasteiger partial charge is 0.283 e. The van der Waals surface area contributed by atoms with E-state index >= 15 is 0 Å². The Bertz CT molecular complexity index is 1380. The van der Waals surface area contributed by atoms with Crippen molar-refractivity contribution in [2.45, 2.75) is 6.54 Å². The van der Waals surface area contributed by atoms with E-state index in [1.54, 1.807) is 22.8 Å². The quantitative estimate of drug-likeness (QED) is 0.392. The predicted molar refractivity (Wildman–Crippen MR) is 119 cm³/mol. The van der Waals surface area contributed by atoms with Crippen molar-refractivity contribution >= 4 is 61.4 Å². The highest BCUT2D eigenvalue weighted by molar-refractivity contribution is 7.16. The van der Waals surface area contributed by atoms with Crippen LogP contribution in [0.15, 0.2) is 53.5 Å². The Morgan fingerprint density at radius 1 is 1.21 bits per heavy atom. The number of hydrogen-bond acceptors (Lipinski definition) is 3. The van der Waals surface area contributed by atoms with Gasteiger partial charge in [-0.1, -0.05) is 64.7 Å². The molecule has 0 unspecified atom stereocenters. The largest absolute Gasteiger partial charge is 0.496 e. The summed E-state index contributed by atoms with van der Waals surface area (Å²) in [7, 11) is 1.53. The Hall–Kier alpha value is -2.78. The summed E-state index contributed by atoms with van der Waals surface area (Å²) in [6, 6.07) is 14.8. The molecule has 0 N–H and O–H groups in total. The monoisotopic (exact) mass is 440 g/mol. The number of nitrogens with zero attached hydrogens (tertiary/aromatic N) is 2. The van der Waals surface area contributed by atoms with Gasteiger partial charge in [0.25, 0.3) is 5.91 Å². The molecule has 144 valence electrons. The first kappa shape index (κ1) is 19.5. The molecule has 0 saturated carbocycles. The third-order valence-corrected chi connectivity index (χ3v) is 5.97. The van der Waals surface area contributed by atoms with Crippen LogP contribution in [0.3, 0.4) is 0 Å². The SMILES string of the molecule is C#CCn1c(=NC(=O)c2cc3ccccc3cc2OC)sc2cc(Cl)cc(Cl)c21. The average Bonchev–Trinajstić information content (AvgIpc) is 3.04. The highest BCUT2D eigenvalue weighted by atomic mass is 35.5. The molecule has 1 heterocycles. The van der Waals surface area contributed by atoms with Gasteiger partial charge in [-0.3, -0.25) is 4.79 Å². The number of hydrogen-bond donors (Lipinski definition) is 0. The number of carbonyl (C=O) groups is 1. The second-order valence-corrected chi connectivity index (χ2v) is 8.08. The normalized spacial score (nSPS) is 11.7. The molecule has 29 heavy (non-hydrogen) atoms. The average molecular weight is 441 g/mol. The summed E-state index contributed by atoms with van der Waals surface area (Å²) in [6.07, 6.45) is 5.53. The number of halogens is 2. The van der Waals surface area contributed by atoms with Crippen molar-refractivity contribution in [1.29, 1.82) is 0 Å². The zero-order chi connectivity index (χ0) is 20.5. The first-order valence-electron chi connectivity index (χ1n) is 8.59. The van der Waals surface area contributed by atoms with E-state index in [0.717, 1.165) is 15.5 Å². The minimum absolute atomic E-state index is 0.225. The number of rotatable bonds is 3. The molecule has 0 aliphatic heterocycles. The molecule has 3 aromatic carbocycles. The number of terminal acetylenes is 1. The number of benzene rings is 3. The van der Waals surface area contributed by atoms with E-state index in [4.69, 9.17) is 34.4 Å². The molecule has 7 heteroatoms. The van der Waals surface area contributed by atoms with Crippen LogP contribution in [0.1, 0.15) is 10.4 Å². The number of thiazole rings is 1. The highest BCUT2D eigenvalue weighted by Gasteiger charge is 2.16. The minimum Gasteiger partial charge on any atom is -0.496 e. The van der Waals surface area contributed by atoms with Gasteiger partial charge in [-0.2, -0.15) is 4.99 Å². The fraction of sp³-hybridized carbons (Fsp3) is 0.0909. The topological polar surface area (TPSA) is 43.6 Å². The van der Waals surface area contributed by atoms with E-state index in [1.165, 1.54) is 18.4 Å². The van der Waals surface area contributed by atoms with Crippen LogP contribution in [0.5, 0.6) is 5.75 Å². The summed E-state index contributed by atoms with van der Waals surface area (Å²) in [5.74, 6) is 2.62. The summed E-state index contributed by atoms with van der Waals surface area (Å²) < 4.78 is 7.97. The minimum atomic E-state index is -0.424. The molecule has 1 amide bonds. The Morgan fingerprint density at radius 3 is 2.62 bits per heavy atom. The fourth-order valence-corrected chi connectivity index (χ4v) is 4.97. The molecule has 1 aromatic heterocycles. The second kappa shape index (κ2) is 7.92. The van der Waals surface area contributed by atoms with Crippen LogP contribution < -0.4 is 9.54 Å². The lowest BCUT2D eigenvalue weighted by molar-refractivity contribution is 0.0995. The van der Waals surface area contributed by atoms with Gasteiger partial charge in [-0.15, -0.1) is 6.42 Å². The Morgan fingerprint density at radius 2 is 1.93 bits per heavy atom. The van der Waals surface area contributed by atoms with Crippen molar-refractivity contribution < 1.29 is 9.53 Å². The number of methoxy groups -OCH3 is 1. The van der Waals surface area contributed by atoms with Gasteiger partial charge in [0.2, 0.25) is 0 Å². The van der Waals surface area contributed by atoms with E-state index < -0.39 is 5.91 Å². The van der Waals surface area contributed by atoms with Crippen molar-refractivity contribution in [3.8, 4) is 18.1 Å². The first-order valence-corrected chi connectivity index (χ1v) is 10.2. The van der Waals surface area contributed by atoms with Gasteiger partial charge in [0, 0.05) is 5.02 Å². The van der Waals surface area contributed by atoms with Crippen molar-refractivity contribution in [2.75, 3.05) is 7.11 Å². The third kappa shape index (κ3) is 3.63. The lowest BCUT2D eigenvalue weighted by Crippen LogP contribution is -2.17. The summed E-state index contributed by atoms with van der Waals surface area (Å²) in [4.78, 5) is 17.8. The van der Waals surface area contributed by atoms with Gasteiger partial charge >= 0.3 is 0 Å². The number of carbonyl (C=O) groups excluding carboxylic acids is 1. The van der Waals surface area contributed by atoms with Crippen molar-refractivity contribution in [1.82, 2.24) is 4.57 Å².